The molecule has 0 aromatic carbocycles. The Morgan fingerprint density at radius 3 is 2.39 bits per heavy atom. The van der Waals surface area contributed by atoms with Gasteiger partial charge in [0.25, 0.3) is 0 Å². The Hall–Kier alpha value is -1.16. The van der Waals surface area contributed by atoms with E-state index in [1.54, 1.807) is 6.08 Å². The summed E-state index contributed by atoms with van der Waals surface area (Å²) >= 11 is 0. The molecule has 0 amide bonds. The monoisotopic (exact) mass is 255 g/mol. The molecular weight excluding hydrogens is 230 g/mol. The molecule has 0 aliphatic heterocycles. The number of carbonyl (C=O) groups is 2. The van der Waals surface area contributed by atoms with Gasteiger partial charge in [0.15, 0.2) is 0 Å². The number of ether oxygens (including phenoxy) is 1. The number of unbranched alkanes of at least 4 members (excludes halogenated alkanes) is 1. The van der Waals surface area contributed by atoms with E-state index in [1.165, 1.54) is 6.92 Å². The van der Waals surface area contributed by atoms with Gasteiger partial charge in [0, 0.05) is 6.42 Å². The zero-order valence-corrected chi connectivity index (χ0v) is 11.8. The van der Waals surface area contributed by atoms with Crippen molar-refractivity contribution in [2.75, 3.05) is 0 Å². The highest BCUT2D eigenvalue weighted by Crippen LogP contribution is 2.08. The summed E-state index contributed by atoms with van der Waals surface area (Å²) in [4.78, 5) is 22.8. The van der Waals surface area contributed by atoms with E-state index in [-0.39, 0.29) is 18.1 Å². The Morgan fingerprint density at radius 2 is 1.94 bits per heavy atom. The van der Waals surface area contributed by atoms with Gasteiger partial charge in [0.2, 0.25) is 0 Å². The molecule has 4 heteroatoms. The number of nitrogens with two attached hydrogens (primary N) is 1. The van der Waals surface area contributed by atoms with Crippen molar-refractivity contribution in [3.63, 3.8) is 0 Å². The van der Waals surface area contributed by atoms with Gasteiger partial charge in [-0.1, -0.05) is 33.3 Å². The summed E-state index contributed by atoms with van der Waals surface area (Å²) in [6.45, 7) is 7.26. The summed E-state index contributed by atoms with van der Waals surface area (Å²) in [6, 6.07) is -0.640. The first kappa shape index (κ1) is 16.8. The molecule has 4 nitrogen and oxygen atoms in total. The van der Waals surface area contributed by atoms with Crippen LogP contribution in [0.2, 0.25) is 0 Å². The maximum Gasteiger partial charge on any atom is 0.323 e. The Kier molecular flexibility index (Phi) is 8.29. The fraction of sp³-hybridized carbons (Fsp3) is 0.714. The van der Waals surface area contributed by atoms with Gasteiger partial charge in [0.05, 0.1) is 0 Å². The van der Waals surface area contributed by atoms with Crippen LogP contribution in [0, 0.1) is 5.92 Å². The standard InChI is InChI=1S/C14H25NO3/c1-5-6-7-8-12(9-11(4)16)18-14(17)13(15)10(2)3/h7-8,10,12-13H,5-6,9,15H2,1-4H3/b8-7+/t12-,13-/m1/s1. The van der Waals surface area contributed by atoms with Crippen molar-refractivity contribution in [1.29, 1.82) is 0 Å². The van der Waals surface area contributed by atoms with E-state index in [4.69, 9.17) is 10.5 Å². The van der Waals surface area contributed by atoms with Crippen molar-refractivity contribution in [1.82, 2.24) is 0 Å². The predicted molar refractivity (Wildman–Crippen MR) is 72.0 cm³/mol. The second kappa shape index (κ2) is 8.86. The number of esters is 1. The lowest BCUT2D eigenvalue weighted by Crippen LogP contribution is -2.39. The zero-order chi connectivity index (χ0) is 14.1. The van der Waals surface area contributed by atoms with Crippen LogP contribution in [0.4, 0.5) is 0 Å². The summed E-state index contributed by atoms with van der Waals surface area (Å²) < 4.78 is 5.26. The van der Waals surface area contributed by atoms with E-state index >= 15 is 0 Å². The molecule has 2 N–H and O–H groups in total. The Balaban J connectivity index is 4.48. The van der Waals surface area contributed by atoms with Crippen molar-refractivity contribution in [2.45, 2.75) is 59.1 Å². The molecule has 0 aromatic heterocycles. The SMILES string of the molecule is CCC/C=C/[C@H](CC(C)=O)OC(=O)[C@H](N)C(C)C. The highest BCUT2D eigenvalue weighted by atomic mass is 16.5. The van der Waals surface area contributed by atoms with Crippen LogP contribution in [0.5, 0.6) is 0 Å². The molecule has 0 radical (unpaired) electrons. The number of rotatable bonds is 8. The number of ketones is 1. The van der Waals surface area contributed by atoms with E-state index in [0.717, 1.165) is 12.8 Å². The number of allylic oxidation sites excluding steroid dienone is 1. The van der Waals surface area contributed by atoms with Crippen LogP contribution in [0.25, 0.3) is 0 Å². The van der Waals surface area contributed by atoms with Gasteiger partial charge in [-0.2, -0.15) is 0 Å². The molecule has 0 spiro atoms. The van der Waals surface area contributed by atoms with Gasteiger partial charge in [-0.05, 0) is 25.3 Å². The average Bonchev–Trinajstić information content (AvgIpc) is 2.27. The van der Waals surface area contributed by atoms with Gasteiger partial charge in [-0.3, -0.25) is 9.59 Å². The van der Waals surface area contributed by atoms with Crippen LogP contribution in [-0.4, -0.2) is 23.9 Å². The lowest BCUT2D eigenvalue weighted by Gasteiger charge is -2.18. The fourth-order valence-electron chi connectivity index (χ4n) is 1.35. The van der Waals surface area contributed by atoms with Crippen LogP contribution < -0.4 is 5.73 Å². The van der Waals surface area contributed by atoms with Crippen LogP contribution in [0.3, 0.4) is 0 Å². The van der Waals surface area contributed by atoms with Gasteiger partial charge < -0.3 is 10.5 Å². The molecule has 0 heterocycles. The molecule has 0 rings (SSSR count). The Labute approximate surface area is 110 Å². The van der Waals surface area contributed by atoms with Crippen molar-refractivity contribution < 1.29 is 14.3 Å². The maximum atomic E-state index is 11.7. The molecule has 2 atom stereocenters. The summed E-state index contributed by atoms with van der Waals surface area (Å²) in [5.74, 6) is -0.431. The molecule has 0 fully saturated rings. The van der Waals surface area contributed by atoms with Crippen molar-refractivity contribution in [2.24, 2.45) is 11.7 Å². The lowest BCUT2D eigenvalue weighted by molar-refractivity contribution is -0.150. The van der Waals surface area contributed by atoms with Gasteiger partial charge in [-0.15, -0.1) is 0 Å². The fourth-order valence-corrected chi connectivity index (χ4v) is 1.35. The largest absolute Gasteiger partial charge is 0.456 e. The Bertz CT molecular complexity index is 297. The van der Waals surface area contributed by atoms with Gasteiger partial charge in [-0.25, -0.2) is 0 Å². The van der Waals surface area contributed by atoms with E-state index in [0.29, 0.717) is 0 Å². The molecule has 0 saturated heterocycles. The minimum absolute atomic E-state index is 0.00735. The summed E-state index contributed by atoms with van der Waals surface area (Å²) in [7, 11) is 0. The first-order valence-electron chi connectivity index (χ1n) is 6.50. The Morgan fingerprint density at radius 1 is 1.33 bits per heavy atom. The third kappa shape index (κ3) is 7.22. The smallest absolute Gasteiger partial charge is 0.323 e. The summed E-state index contributed by atoms with van der Waals surface area (Å²) in [6.07, 6.45) is 5.34. The van der Waals surface area contributed by atoms with Crippen LogP contribution in [0.15, 0.2) is 12.2 Å². The third-order valence-electron chi connectivity index (χ3n) is 2.55. The maximum absolute atomic E-state index is 11.7. The topological polar surface area (TPSA) is 69.4 Å². The number of hydrogen-bond donors (Lipinski definition) is 1. The highest BCUT2D eigenvalue weighted by molar-refractivity contribution is 5.78. The van der Waals surface area contributed by atoms with E-state index in [2.05, 4.69) is 6.92 Å². The molecule has 18 heavy (non-hydrogen) atoms. The molecule has 0 aliphatic rings. The van der Waals surface area contributed by atoms with E-state index < -0.39 is 18.1 Å². The molecular formula is C14H25NO3. The normalized spacial score (nSPS) is 14.8. The zero-order valence-electron chi connectivity index (χ0n) is 11.8. The first-order chi connectivity index (χ1) is 8.38. The quantitative estimate of drug-likeness (QED) is 0.533. The molecule has 0 unspecified atom stereocenters. The lowest BCUT2D eigenvalue weighted by atomic mass is 10.1. The van der Waals surface area contributed by atoms with Crippen LogP contribution >= 0.6 is 0 Å². The van der Waals surface area contributed by atoms with Crippen LogP contribution in [-0.2, 0) is 14.3 Å². The van der Waals surface area contributed by atoms with Crippen molar-refractivity contribution >= 4 is 11.8 Å². The number of hydrogen-bond acceptors (Lipinski definition) is 4. The highest BCUT2D eigenvalue weighted by Gasteiger charge is 2.22. The van der Waals surface area contributed by atoms with Crippen LogP contribution in [0.1, 0.15) is 47.0 Å². The summed E-state index contributed by atoms with van der Waals surface area (Å²) in [5.41, 5.74) is 5.71. The minimum atomic E-state index is -0.640. The second-order valence-corrected chi connectivity index (χ2v) is 4.87. The van der Waals surface area contributed by atoms with Crippen molar-refractivity contribution in [3.05, 3.63) is 12.2 Å². The minimum Gasteiger partial charge on any atom is -0.456 e. The molecule has 0 bridgehead atoms. The first-order valence-corrected chi connectivity index (χ1v) is 6.50. The molecule has 104 valence electrons. The molecule has 0 aromatic rings. The van der Waals surface area contributed by atoms with Gasteiger partial charge >= 0.3 is 5.97 Å². The average molecular weight is 255 g/mol. The predicted octanol–water partition coefficient (Wildman–Crippen LogP) is 2.22. The molecule has 0 aliphatic carbocycles. The van der Waals surface area contributed by atoms with E-state index in [9.17, 15) is 9.59 Å². The van der Waals surface area contributed by atoms with Gasteiger partial charge in [0.1, 0.15) is 17.9 Å². The van der Waals surface area contributed by atoms with Crippen molar-refractivity contribution in [3.8, 4) is 0 Å². The number of carbonyl (C=O) groups excluding carboxylic acids is 2. The molecule has 0 saturated carbocycles. The summed E-state index contributed by atoms with van der Waals surface area (Å²) in [5, 5.41) is 0. The van der Waals surface area contributed by atoms with E-state index in [1.807, 2.05) is 19.9 Å². The second-order valence-electron chi connectivity index (χ2n) is 4.87. The third-order valence-corrected chi connectivity index (χ3v) is 2.55. The number of Topliss-reactive ketones (excluding diaryl/α,β-unsaturated/α-hetero) is 1.